The summed E-state index contributed by atoms with van der Waals surface area (Å²) in [6, 6.07) is 6.28. The molecule has 2 unspecified atom stereocenters. The van der Waals surface area contributed by atoms with E-state index in [2.05, 4.69) is 31.7 Å². The first-order chi connectivity index (χ1) is 10.1. The van der Waals surface area contributed by atoms with Crippen molar-refractivity contribution in [2.24, 2.45) is 11.7 Å². The molecular formula is C17H30N2O2. The van der Waals surface area contributed by atoms with Crippen molar-refractivity contribution in [2.45, 2.75) is 33.2 Å². The van der Waals surface area contributed by atoms with Crippen molar-refractivity contribution in [3.63, 3.8) is 0 Å². The van der Waals surface area contributed by atoms with Crippen LogP contribution in [0.25, 0.3) is 0 Å². The summed E-state index contributed by atoms with van der Waals surface area (Å²) in [7, 11) is 3.31. The van der Waals surface area contributed by atoms with Gasteiger partial charge in [-0.3, -0.25) is 4.90 Å². The number of ether oxygens (including phenoxy) is 2. The molecule has 120 valence electrons. The summed E-state index contributed by atoms with van der Waals surface area (Å²) in [5, 5.41) is 0. The van der Waals surface area contributed by atoms with E-state index in [0.717, 1.165) is 24.6 Å². The van der Waals surface area contributed by atoms with Crippen LogP contribution >= 0.6 is 0 Å². The first kappa shape index (κ1) is 17.8. The van der Waals surface area contributed by atoms with Crippen molar-refractivity contribution in [3.05, 3.63) is 23.8 Å². The summed E-state index contributed by atoms with van der Waals surface area (Å²) < 4.78 is 10.7. The van der Waals surface area contributed by atoms with Crippen molar-refractivity contribution >= 4 is 0 Å². The van der Waals surface area contributed by atoms with Gasteiger partial charge in [-0.05, 0) is 30.2 Å². The normalized spacial score (nSPS) is 14.0. The molecule has 0 saturated carbocycles. The van der Waals surface area contributed by atoms with E-state index < -0.39 is 0 Å². The Bertz CT molecular complexity index is 423. The van der Waals surface area contributed by atoms with Crippen molar-refractivity contribution in [1.82, 2.24) is 4.90 Å². The molecule has 2 atom stereocenters. The molecule has 0 spiro atoms. The minimum atomic E-state index is 0.212. The first-order valence-electron chi connectivity index (χ1n) is 7.77. The van der Waals surface area contributed by atoms with E-state index >= 15 is 0 Å². The van der Waals surface area contributed by atoms with Gasteiger partial charge >= 0.3 is 0 Å². The molecule has 0 aromatic heterocycles. The fourth-order valence-corrected chi connectivity index (χ4v) is 2.56. The van der Waals surface area contributed by atoms with Gasteiger partial charge in [-0.1, -0.05) is 33.3 Å². The molecule has 4 heteroatoms. The van der Waals surface area contributed by atoms with E-state index in [0.29, 0.717) is 12.5 Å². The summed E-state index contributed by atoms with van der Waals surface area (Å²) in [5.74, 6) is 2.18. The largest absolute Gasteiger partial charge is 0.493 e. The van der Waals surface area contributed by atoms with Gasteiger partial charge in [-0.25, -0.2) is 0 Å². The van der Waals surface area contributed by atoms with Crippen LogP contribution in [0.3, 0.4) is 0 Å². The number of hydrogen-bond acceptors (Lipinski definition) is 4. The second kappa shape index (κ2) is 8.90. The van der Waals surface area contributed by atoms with Gasteiger partial charge in [-0.15, -0.1) is 0 Å². The highest BCUT2D eigenvalue weighted by Gasteiger charge is 2.20. The van der Waals surface area contributed by atoms with Crippen LogP contribution in [0.15, 0.2) is 18.2 Å². The zero-order chi connectivity index (χ0) is 15.8. The molecule has 0 aliphatic rings. The van der Waals surface area contributed by atoms with E-state index in [1.54, 1.807) is 14.2 Å². The van der Waals surface area contributed by atoms with Crippen molar-refractivity contribution < 1.29 is 9.47 Å². The molecule has 2 N–H and O–H groups in total. The molecule has 4 nitrogen and oxygen atoms in total. The average Bonchev–Trinajstić information content (AvgIpc) is 2.53. The Morgan fingerprint density at radius 2 is 1.81 bits per heavy atom. The molecule has 0 radical (unpaired) electrons. The molecular weight excluding hydrogens is 264 g/mol. The molecule has 0 fully saturated rings. The predicted molar refractivity (Wildman–Crippen MR) is 88.0 cm³/mol. The lowest BCUT2D eigenvalue weighted by molar-refractivity contribution is 0.182. The second-order valence-electron chi connectivity index (χ2n) is 5.47. The third-order valence-electron chi connectivity index (χ3n) is 4.11. The van der Waals surface area contributed by atoms with Gasteiger partial charge in [0.25, 0.3) is 0 Å². The minimum Gasteiger partial charge on any atom is -0.493 e. The third-order valence-corrected chi connectivity index (χ3v) is 4.11. The topological polar surface area (TPSA) is 47.7 Å². The number of rotatable bonds is 9. The SMILES string of the molecule is CCC(C)CN(CC)C(CN)c1ccc(OC)c(OC)c1. The summed E-state index contributed by atoms with van der Waals surface area (Å²) in [5.41, 5.74) is 7.23. The van der Waals surface area contributed by atoms with Crippen LogP contribution < -0.4 is 15.2 Å². The summed E-state index contributed by atoms with van der Waals surface area (Å²) in [4.78, 5) is 2.44. The zero-order valence-electron chi connectivity index (χ0n) is 14.1. The molecule has 0 heterocycles. The fraction of sp³-hybridized carbons (Fsp3) is 0.647. The number of nitrogens with zero attached hydrogens (tertiary/aromatic N) is 1. The van der Waals surface area contributed by atoms with E-state index in [9.17, 15) is 0 Å². The molecule has 0 amide bonds. The number of hydrogen-bond donors (Lipinski definition) is 1. The van der Waals surface area contributed by atoms with E-state index in [4.69, 9.17) is 15.2 Å². The lowest BCUT2D eigenvalue weighted by atomic mass is 10.0. The minimum absolute atomic E-state index is 0.212. The lowest BCUT2D eigenvalue weighted by Crippen LogP contribution is -2.36. The number of likely N-dealkylation sites (N-methyl/N-ethyl adjacent to an activating group) is 1. The summed E-state index contributed by atoms with van der Waals surface area (Å²) in [6.45, 7) is 9.34. The Balaban J connectivity index is 3.02. The van der Waals surface area contributed by atoms with Gasteiger partial charge in [0.2, 0.25) is 0 Å². The number of nitrogens with two attached hydrogens (primary N) is 1. The first-order valence-corrected chi connectivity index (χ1v) is 7.77. The molecule has 1 aromatic carbocycles. The van der Waals surface area contributed by atoms with Crippen molar-refractivity contribution in [1.29, 1.82) is 0 Å². The van der Waals surface area contributed by atoms with E-state index in [1.165, 1.54) is 12.0 Å². The summed E-state index contributed by atoms with van der Waals surface area (Å²) >= 11 is 0. The van der Waals surface area contributed by atoms with Gasteiger partial charge in [0.15, 0.2) is 11.5 Å². The van der Waals surface area contributed by atoms with E-state index in [-0.39, 0.29) is 6.04 Å². The Morgan fingerprint density at radius 1 is 1.14 bits per heavy atom. The maximum absolute atomic E-state index is 6.05. The average molecular weight is 294 g/mol. The van der Waals surface area contributed by atoms with Crippen LogP contribution in [0.5, 0.6) is 11.5 Å². The molecule has 0 aliphatic heterocycles. The van der Waals surface area contributed by atoms with E-state index in [1.807, 2.05) is 12.1 Å². The Morgan fingerprint density at radius 3 is 2.29 bits per heavy atom. The van der Waals surface area contributed by atoms with Crippen LogP contribution in [0.1, 0.15) is 38.8 Å². The Hall–Kier alpha value is -1.26. The van der Waals surface area contributed by atoms with Gasteiger partial charge in [0, 0.05) is 19.1 Å². The fourth-order valence-electron chi connectivity index (χ4n) is 2.56. The summed E-state index contributed by atoms with van der Waals surface area (Å²) in [6.07, 6.45) is 1.18. The molecule has 0 aliphatic carbocycles. The molecule has 0 saturated heterocycles. The molecule has 21 heavy (non-hydrogen) atoms. The third kappa shape index (κ3) is 4.61. The highest BCUT2D eigenvalue weighted by atomic mass is 16.5. The van der Waals surface area contributed by atoms with Crippen LogP contribution in [0.2, 0.25) is 0 Å². The Kier molecular flexibility index (Phi) is 7.54. The lowest BCUT2D eigenvalue weighted by Gasteiger charge is -2.32. The van der Waals surface area contributed by atoms with Crippen molar-refractivity contribution in [3.8, 4) is 11.5 Å². The number of methoxy groups -OCH3 is 2. The zero-order valence-corrected chi connectivity index (χ0v) is 14.1. The molecule has 1 rings (SSSR count). The molecule has 1 aromatic rings. The van der Waals surface area contributed by atoms with Crippen LogP contribution in [-0.2, 0) is 0 Å². The van der Waals surface area contributed by atoms with Crippen molar-refractivity contribution in [2.75, 3.05) is 33.9 Å². The van der Waals surface area contributed by atoms with Gasteiger partial charge in [0.05, 0.1) is 14.2 Å². The monoisotopic (exact) mass is 294 g/mol. The highest BCUT2D eigenvalue weighted by Crippen LogP contribution is 2.31. The molecule has 0 bridgehead atoms. The smallest absolute Gasteiger partial charge is 0.161 e. The highest BCUT2D eigenvalue weighted by molar-refractivity contribution is 5.43. The predicted octanol–water partition coefficient (Wildman–Crippen LogP) is 3.07. The van der Waals surface area contributed by atoms with Gasteiger partial charge < -0.3 is 15.2 Å². The Labute approximate surface area is 129 Å². The standard InChI is InChI=1S/C17H30N2O2/c1-6-13(3)12-19(7-2)15(11-18)14-8-9-16(20-4)17(10-14)21-5/h8-10,13,15H,6-7,11-12,18H2,1-5H3. The number of benzene rings is 1. The van der Waals surface area contributed by atoms with Crippen LogP contribution in [0.4, 0.5) is 0 Å². The van der Waals surface area contributed by atoms with Gasteiger partial charge in [-0.2, -0.15) is 0 Å². The quantitative estimate of drug-likeness (QED) is 0.760. The van der Waals surface area contributed by atoms with Crippen LogP contribution in [0, 0.1) is 5.92 Å². The second-order valence-corrected chi connectivity index (χ2v) is 5.47. The maximum atomic E-state index is 6.05. The maximum Gasteiger partial charge on any atom is 0.161 e. The van der Waals surface area contributed by atoms with Gasteiger partial charge in [0.1, 0.15) is 0 Å². The van der Waals surface area contributed by atoms with Crippen LogP contribution in [-0.4, -0.2) is 38.8 Å².